The largest absolute Gasteiger partial charge is 0.309 e. The number of hydrogen-bond acceptors (Lipinski definition) is 1. The van der Waals surface area contributed by atoms with Gasteiger partial charge in [-0.25, -0.2) is 0 Å². The minimum Gasteiger partial charge on any atom is -0.309 e. The highest BCUT2D eigenvalue weighted by atomic mass is 15.1. The van der Waals surface area contributed by atoms with Crippen LogP contribution in [0, 0.1) is 0 Å². The lowest BCUT2D eigenvalue weighted by atomic mass is 9.79. The van der Waals surface area contributed by atoms with Crippen molar-refractivity contribution in [3.8, 4) is 33.4 Å². The first-order valence-electron chi connectivity index (χ1n) is 18.1. The summed E-state index contributed by atoms with van der Waals surface area (Å²) >= 11 is 0. The molecule has 0 unspecified atom stereocenters. The zero-order chi connectivity index (χ0) is 34.5. The van der Waals surface area contributed by atoms with Crippen LogP contribution in [0.1, 0.15) is 49.9 Å². The van der Waals surface area contributed by atoms with Gasteiger partial charge >= 0.3 is 0 Å². The Morgan fingerprint density at radius 3 is 1.73 bits per heavy atom. The van der Waals surface area contributed by atoms with Crippen molar-refractivity contribution in [2.45, 2.75) is 38.5 Å². The molecule has 2 aliphatic carbocycles. The summed E-state index contributed by atoms with van der Waals surface area (Å²) in [7, 11) is 0. The Hall–Kier alpha value is -5.92. The van der Waals surface area contributed by atoms with Crippen LogP contribution < -0.4 is 4.90 Å². The molecule has 0 aromatic heterocycles. The number of para-hydroxylation sites is 1. The van der Waals surface area contributed by atoms with Crippen LogP contribution in [0.15, 0.2) is 164 Å². The van der Waals surface area contributed by atoms with Crippen molar-refractivity contribution in [2.75, 3.05) is 4.90 Å². The molecule has 0 spiro atoms. The maximum atomic E-state index is 2.49. The van der Waals surface area contributed by atoms with Crippen LogP contribution in [0.25, 0.3) is 54.9 Å². The van der Waals surface area contributed by atoms with Gasteiger partial charge in [0, 0.05) is 27.5 Å². The molecular weight excluding hydrogens is 615 g/mol. The van der Waals surface area contributed by atoms with Crippen molar-refractivity contribution < 1.29 is 0 Å². The molecule has 1 nitrogen and oxygen atoms in total. The first-order valence-corrected chi connectivity index (χ1v) is 18.1. The van der Waals surface area contributed by atoms with Crippen LogP contribution >= 0.6 is 0 Å². The molecule has 51 heavy (non-hydrogen) atoms. The Morgan fingerprint density at radius 1 is 0.373 bits per heavy atom. The van der Waals surface area contributed by atoms with Crippen molar-refractivity contribution in [1.82, 2.24) is 0 Å². The molecule has 8 aromatic rings. The SMILES string of the molecule is CC1(C)c2ccccc2-c2c(N(c3ccccc3)c3ccc(-c4cc5ccccc5c5c4-c4ccccc4C5(C)C)c4ccccc34)cccc21. The number of anilines is 3. The lowest BCUT2D eigenvalue weighted by Crippen LogP contribution is -2.16. The van der Waals surface area contributed by atoms with Crippen LogP contribution in [0.5, 0.6) is 0 Å². The van der Waals surface area contributed by atoms with E-state index in [9.17, 15) is 0 Å². The van der Waals surface area contributed by atoms with Crippen LogP contribution in [0.2, 0.25) is 0 Å². The average molecular weight is 654 g/mol. The Balaban J connectivity index is 1.27. The van der Waals surface area contributed by atoms with Crippen LogP contribution in [-0.2, 0) is 10.8 Å². The van der Waals surface area contributed by atoms with E-state index in [4.69, 9.17) is 0 Å². The Morgan fingerprint density at radius 2 is 0.961 bits per heavy atom. The molecule has 0 heterocycles. The van der Waals surface area contributed by atoms with Gasteiger partial charge in [-0.1, -0.05) is 161 Å². The van der Waals surface area contributed by atoms with E-state index < -0.39 is 0 Å². The van der Waals surface area contributed by atoms with Crippen molar-refractivity contribution >= 4 is 38.6 Å². The molecule has 8 aromatic carbocycles. The molecule has 0 atom stereocenters. The van der Waals surface area contributed by atoms with Crippen LogP contribution in [-0.4, -0.2) is 0 Å². The van der Waals surface area contributed by atoms with Gasteiger partial charge in [0.1, 0.15) is 0 Å². The van der Waals surface area contributed by atoms with Crippen molar-refractivity contribution in [3.63, 3.8) is 0 Å². The minimum absolute atomic E-state index is 0.0866. The molecule has 0 N–H and O–H groups in total. The molecule has 0 radical (unpaired) electrons. The Labute approximate surface area is 300 Å². The van der Waals surface area contributed by atoms with Gasteiger partial charge < -0.3 is 4.90 Å². The fraction of sp³-hybridized carbons (Fsp3) is 0.120. The molecule has 0 aliphatic heterocycles. The number of nitrogens with zero attached hydrogens (tertiary/aromatic N) is 1. The molecule has 2 aliphatic rings. The molecule has 0 saturated heterocycles. The third-order valence-corrected chi connectivity index (χ3v) is 11.8. The van der Waals surface area contributed by atoms with Gasteiger partial charge in [-0.3, -0.25) is 0 Å². The van der Waals surface area contributed by atoms with Crippen molar-refractivity contribution in [2.24, 2.45) is 0 Å². The maximum absolute atomic E-state index is 2.49. The summed E-state index contributed by atoms with van der Waals surface area (Å²) in [5, 5.41) is 5.11. The molecule has 0 saturated carbocycles. The predicted molar refractivity (Wildman–Crippen MR) is 217 cm³/mol. The standard InChI is InChI=1S/C50H39N/c1-49(2)41-25-14-13-24-39(41)47-43(49)27-16-28-45(47)51(33-18-6-5-7-19-33)44-30-29-36(35-21-10-11-22-37(35)44)40-31-32-17-8-9-20-34(32)48-46(40)38-23-12-15-26-42(38)50(48,3)4/h5-31H,1-4H3. The van der Waals surface area contributed by atoms with E-state index in [-0.39, 0.29) is 10.8 Å². The highest BCUT2D eigenvalue weighted by Crippen LogP contribution is 2.57. The van der Waals surface area contributed by atoms with E-state index in [2.05, 4.69) is 196 Å². The van der Waals surface area contributed by atoms with Crippen molar-refractivity contribution in [3.05, 3.63) is 186 Å². The summed E-state index contributed by atoms with van der Waals surface area (Å²) in [6.07, 6.45) is 0. The summed E-state index contributed by atoms with van der Waals surface area (Å²) in [6.45, 7) is 9.51. The van der Waals surface area contributed by atoms with E-state index in [0.29, 0.717) is 0 Å². The second-order valence-electron chi connectivity index (χ2n) is 15.3. The molecule has 244 valence electrons. The molecule has 10 rings (SSSR count). The van der Waals surface area contributed by atoms with E-state index in [1.54, 1.807) is 0 Å². The number of hydrogen-bond donors (Lipinski definition) is 0. The monoisotopic (exact) mass is 653 g/mol. The molecule has 0 bridgehead atoms. The fourth-order valence-corrected chi connectivity index (χ4v) is 9.49. The Bertz CT molecular complexity index is 2690. The predicted octanol–water partition coefficient (Wildman–Crippen LogP) is 13.7. The molecule has 0 fully saturated rings. The smallest absolute Gasteiger partial charge is 0.0543 e. The van der Waals surface area contributed by atoms with Gasteiger partial charge in [-0.05, 0) is 96.6 Å². The van der Waals surface area contributed by atoms with Gasteiger partial charge in [0.05, 0.1) is 11.4 Å². The molecule has 0 amide bonds. The summed E-state index contributed by atoms with van der Waals surface area (Å²) in [5.41, 5.74) is 16.8. The van der Waals surface area contributed by atoms with E-state index >= 15 is 0 Å². The summed E-state index contributed by atoms with van der Waals surface area (Å²) in [4.78, 5) is 2.49. The topological polar surface area (TPSA) is 3.24 Å². The summed E-state index contributed by atoms with van der Waals surface area (Å²) < 4.78 is 0. The number of fused-ring (bicyclic) bond motifs is 9. The summed E-state index contributed by atoms with van der Waals surface area (Å²) in [6, 6.07) is 60.9. The molecule has 1 heteroatoms. The zero-order valence-electron chi connectivity index (χ0n) is 29.5. The average Bonchev–Trinajstić information content (AvgIpc) is 3.56. The van der Waals surface area contributed by atoms with E-state index in [0.717, 1.165) is 5.69 Å². The quantitative estimate of drug-likeness (QED) is 0.183. The minimum atomic E-state index is -0.112. The second-order valence-corrected chi connectivity index (χ2v) is 15.3. The lowest BCUT2D eigenvalue weighted by molar-refractivity contribution is 0.660. The van der Waals surface area contributed by atoms with Crippen molar-refractivity contribution in [1.29, 1.82) is 0 Å². The van der Waals surface area contributed by atoms with Gasteiger partial charge in [-0.2, -0.15) is 0 Å². The summed E-state index contributed by atoms with van der Waals surface area (Å²) in [5.74, 6) is 0. The second kappa shape index (κ2) is 10.8. The first kappa shape index (κ1) is 29.9. The number of benzene rings is 8. The highest BCUT2D eigenvalue weighted by Gasteiger charge is 2.40. The van der Waals surface area contributed by atoms with Crippen LogP contribution in [0.3, 0.4) is 0 Å². The van der Waals surface area contributed by atoms with Gasteiger partial charge in [0.25, 0.3) is 0 Å². The normalized spacial score (nSPS) is 14.6. The first-order chi connectivity index (χ1) is 24.9. The lowest BCUT2D eigenvalue weighted by Gasteiger charge is -2.30. The highest BCUT2D eigenvalue weighted by molar-refractivity contribution is 6.12. The fourth-order valence-electron chi connectivity index (χ4n) is 9.49. The van der Waals surface area contributed by atoms with Gasteiger partial charge in [0.15, 0.2) is 0 Å². The Kier molecular flexibility index (Phi) is 6.34. The maximum Gasteiger partial charge on any atom is 0.0543 e. The van der Waals surface area contributed by atoms with Gasteiger partial charge in [0.2, 0.25) is 0 Å². The number of rotatable bonds is 4. The molecular formula is C50H39N. The third-order valence-electron chi connectivity index (χ3n) is 11.8. The van der Waals surface area contributed by atoms with E-state index in [1.807, 2.05) is 0 Å². The van der Waals surface area contributed by atoms with Gasteiger partial charge in [-0.15, -0.1) is 0 Å². The zero-order valence-corrected chi connectivity index (χ0v) is 29.5. The van der Waals surface area contributed by atoms with E-state index in [1.165, 1.54) is 88.6 Å². The van der Waals surface area contributed by atoms with Crippen LogP contribution in [0.4, 0.5) is 17.1 Å². The third kappa shape index (κ3) is 4.15.